The van der Waals surface area contributed by atoms with Gasteiger partial charge >= 0.3 is 12.1 Å². The maximum absolute atomic E-state index is 13.3. The Kier molecular flexibility index (Phi) is 7.14. The zero-order valence-electron chi connectivity index (χ0n) is 19.0. The predicted molar refractivity (Wildman–Crippen MR) is 128 cm³/mol. The van der Waals surface area contributed by atoms with Crippen molar-refractivity contribution in [1.29, 1.82) is 0 Å². The average Bonchev–Trinajstić information content (AvgIpc) is 2.87. The van der Waals surface area contributed by atoms with Gasteiger partial charge in [-0.3, -0.25) is 4.79 Å². The van der Waals surface area contributed by atoms with Crippen LogP contribution in [0, 0.1) is 0 Å². The van der Waals surface area contributed by atoms with Gasteiger partial charge in [-0.25, -0.2) is 9.78 Å². The lowest BCUT2D eigenvalue weighted by molar-refractivity contribution is -0.145. The smallest absolute Gasteiger partial charge is 0.416 e. The van der Waals surface area contributed by atoms with Gasteiger partial charge in [0.15, 0.2) is 12.4 Å². The number of para-hydroxylation sites is 1. The van der Waals surface area contributed by atoms with Crippen LogP contribution in [0.5, 0.6) is 5.75 Å². The average molecular weight is 495 g/mol. The van der Waals surface area contributed by atoms with Crippen molar-refractivity contribution in [3.63, 3.8) is 0 Å². The molecule has 0 aliphatic carbocycles. The van der Waals surface area contributed by atoms with E-state index in [9.17, 15) is 22.8 Å². The van der Waals surface area contributed by atoms with Gasteiger partial charge in [0, 0.05) is 5.56 Å². The number of hydrogen-bond donors (Lipinski definition) is 0. The molecule has 0 bridgehead atoms. The summed E-state index contributed by atoms with van der Waals surface area (Å²) in [7, 11) is 0. The maximum atomic E-state index is 13.3. The van der Waals surface area contributed by atoms with Crippen LogP contribution in [-0.2, 0) is 15.7 Å². The number of esters is 1. The van der Waals surface area contributed by atoms with Gasteiger partial charge in [-0.2, -0.15) is 22.9 Å². The first-order valence-electron chi connectivity index (χ1n) is 10.9. The van der Waals surface area contributed by atoms with E-state index in [1.54, 1.807) is 55.5 Å². The summed E-state index contributed by atoms with van der Waals surface area (Å²) in [5.74, 6) is -0.194. The molecule has 0 spiro atoms. The first-order chi connectivity index (χ1) is 17.3. The molecule has 184 valence electrons. The Labute approximate surface area is 203 Å². The minimum atomic E-state index is -4.56. The number of carbonyl (C=O) groups excluding carboxylic acids is 1. The number of rotatable bonds is 7. The van der Waals surface area contributed by atoms with E-state index in [1.807, 2.05) is 0 Å². The Bertz CT molecular complexity index is 1500. The highest BCUT2D eigenvalue weighted by molar-refractivity contribution is 5.82. The largest absolute Gasteiger partial charge is 0.482 e. The molecule has 1 heterocycles. The molecule has 0 saturated carbocycles. The Morgan fingerprint density at radius 2 is 1.83 bits per heavy atom. The van der Waals surface area contributed by atoms with Crippen LogP contribution in [0.25, 0.3) is 22.3 Å². The summed E-state index contributed by atoms with van der Waals surface area (Å²) in [5.41, 5.74) is -0.484. The van der Waals surface area contributed by atoms with E-state index in [2.05, 4.69) is 10.1 Å². The number of halogens is 3. The summed E-state index contributed by atoms with van der Waals surface area (Å²) in [4.78, 5) is 29.2. The second-order valence-corrected chi connectivity index (χ2v) is 7.56. The third kappa shape index (κ3) is 5.60. The van der Waals surface area contributed by atoms with E-state index in [0.717, 1.165) is 16.8 Å². The molecule has 0 radical (unpaired) electrons. The molecule has 3 aromatic carbocycles. The third-order valence-corrected chi connectivity index (χ3v) is 5.04. The van der Waals surface area contributed by atoms with Crippen LogP contribution in [-0.4, -0.2) is 35.1 Å². The molecule has 1 aromatic heterocycles. The van der Waals surface area contributed by atoms with Crippen LogP contribution in [0.15, 0.2) is 82.7 Å². The van der Waals surface area contributed by atoms with Crippen molar-refractivity contribution in [2.75, 3.05) is 13.2 Å². The number of aromatic nitrogens is 2. The van der Waals surface area contributed by atoms with E-state index in [4.69, 9.17) is 9.47 Å². The molecule has 0 atom stereocenters. The standard InChI is InChI=1S/C26H20F3N3O4/c1-2-35-23(33)16-36-20-10-5-7-17(13-20)15-30-32-24(18-8-6-9-19(14-18)26(27,28)29)31-22-12-4-3-11-21(22)25(32)34/h3-15H,2,16H2,1H3. The highest BCUT2D eigenvalue weighted by Gasteiger charge is 2.31. The van der Waals surface area contributed by atoms with Crippen molar-refractivity contribution in [1.82, 2.24) is 9.66 Å². The molecule has 0 N–H and O–H groups in total. The number of carbonyl (C=O) groups is 1. The van der Waals surface area contributed by atoms with Gasteiger partial charge < -0.3 is 9.47 Å². The van der Waals surface area contributed by atoms with Crippen molar-refractivity contribution < 1.29 is 27.4 Å². The predicted octanol–water partition coefficient (Wildman–Crippen LogP) is 4.91. The molecule has 0 saturated heterocycles. The van der Waals surface area contributed by atoms with Crippen LogP contribution in [0.2, 0.25) is 0 Å². The fraction of sp³-hybridized carbons (Fsp3) is 0.154. The Morgan fingerprint density at radius 1 is 1.06 bits per heavy atom. The minimum absolute atomic E-state index is 0.0456. The fourth-order valence-corrected chi connectivity index (χ4v) is 3.41. The third-order valence-electron chi connectivity index (χ3n) is 5.04. The van der Waals surface area contributed by atoms with Crippen LogP contribution in [0.4, 0.5) is 13.2 Å². The zero-order chi connectivity index (χ0) is 25.7. The molecule has 0 fully saturated rings. The lowest BCUT2D eigenvalue weighted by Crippen LogP contribution is -2.20. The monoisotopic (exact) mass is 495 g/mol. The highest BCUT2D eigenvalue weighted by Crippen LogP contribution is 2.31. The zero-order valence-corrected chi connectivity index (χ0v) is 19.0. The van der Waals surface area contributed by atoms with Gasteiger partial charge in [-0.1, -0.05) is 36.4 Å². The van der Waals surface area contributed by atoms with Gasteiger partial charge in [-0.05, 0) is 48.9 Å². The normalized spacial score (nSPS) is 11.7. The lowest BCUT2D eigenvalue weighted by Gasteiger charge is -2.12. The summed E-state index contributed by atoms with van der Waals surface area (Å²) >= 11 is 0. The molecule has 0 amide bonds. The summed E-state index contributed by atoms with van der Waals surface area (Å²) in [6, 6.07) is 17.6. The van der Waals surface area contributed by atoms with E-state index < -0.39 is 23.3 Å². The van der Waals surface area contributed by atoms with Crippen molar-refractivity contribution >= 4 is 23.1 Å². The fourth-order valence-electron chi connectivity index (χ4n) is 3.41. The first kappa shape index (κ1) is 24.6. The van der Waals surface area contributed by atoms with Crippen molar-refractivity contribution in [3.8, 4) is 17.1 Å². The number of fused-ring (bicyclic) bond motifs is 1. The number of nitrogens with zero attached hydrogens (tertiary/aromatic N) is 3. The molecule has 10 heteroatoms. The highest BCUT2D eigenvalue weighted by atomic mass is 19.4. The Morgan fingerprint density at radius 3 is 2.61 bits per heavy atom. The Hall–Kier alpha value is -4.47. The quantitative estimate of drug-likeness (QED) is 0.269. The molecular weight excluding hydrogens is 475 g/mol. The van der Waals surface area contributed by atoms with Crippen molar-refractivity contribution in [2.24, 2.45) is 5.10 Å². The van der Waals surface area contributed by atoms with E-state index >= 15 is 0 Å². The summed E-state index contributed by atoms with van der Waals surface area (Å²) in [5, 5.41) is 4.51. The Balaban J connectivity index is 1.75. The minimum Gasteiger partial charge on any atom is -0.482 e. The number of alkyl halides is 3. The van der Waals surface area contributed by atoms with Gasteiger partial charge in [0.25, 0.3) is 5.56 Å². The van der Waals surface area contributed by atoms with E-state index in [1.165, 1.54) is 18.3 Å². The first-order valence-corrected chi connectivity index (χ1v) is 10.9. The number of benzene rings is 3. The summed E-state index contributed by atoms with van der Waals surface area (Å²) in [6.07, 6.45) is -3.21. The lowest BCUT2D eigenvalue weighted by atomic mass is 10.1. The van der Waals surface area contributed by atoms with E-state index in [0.29, 0.717) is 16.8 Å². The second kappa shape index (κ2) is 10.4. The SMILES string of the molecule is CCOC(=O)COc1cccc(C=Nn2c(-c3cccc(C(F)(F)F)c3)nc3ccccc3c2=O)c1. The topological polar surface area (TPSA) is 82.8 Å². The van der Waals surface area contributed by atoms with Gasteiger partial charge in [0.2, 0.25) is 0 Å². The van der Waals surface area contributed by atoms with Crippen LogP contribution >= 0.6 is 0 Å². The summed E-state index contributed by atoms with van der Waals surface area (Å²) < 4.78 is 51.2. The molecule has 36 heavy (non-hydrogen) atoms. The number of hydrogen-bond acceptors (Lipinski definition) is 6. The molecular formula is C26H20F3N3O4. The van der Waals surface area contributed by atoms with Crippen molar-refractivity contribution in [3.05, 3.63) is 94.3 Å². The van der Waals surface area contributed by atoms with Crippen LogP contribution in [0.1, 0.15) is 18.1 Å². The molecule has 7 nitrogen and oxygen atoms in total. The molecule has 0 aliphatic heterocycles. The van der Waals surface area contributed by atoms with E-state index in [-0.39, 0.29) is 30.0 Å². The van der Waals surface area contributed by atoms with Crippen LogP contribution in [0.3, 0.4) is 0 Å². The molecule has 0 unspecified atom stereocenters. The second-order valence-electron chi connectivity index (χ2n) is 7.56. The molecule has 0 aliphatic rings. The van der Waals surface area contributed by atoms with Gasteiger partial charge in [0.05, 0.1) is 29.3 Å². The number of ether oxygens (including phenoxy) is 2. The molecule has 4 aromatic rings. The molecule has 4 rings (SSSR count). The summed E-state index contributed by atoms with van der Waals surface area (Å²) in [6.45, 7) is 1.64. The maximum Gasteiger partial charge on any atom is 0.416 e. The van der Waals surface area contributed by atoms with Gasteiger partial charge in [-0.15, -0.1) is 0 Å². The van der Waals surface area contributed by atoms with Gasteiger partial charge in [0.1, 0.15) is 5.75 Å². The van der Waals surface area contributed by atoms with Crippen LogP contribution < -0.4 is 10.3 Å². The van der Waals surface area contributed by atoms with Crippen molar-refractivity contribution in [2.45, 2.75) is 13.1 Å².